The number of aryl methyl sites for hydroxylation is 2. The number of methoxy groups -OCH3 is 1. The molecule has 0 saturated heterocycles. The molecular formula is C18H22N2O3S2. The molecule has 4 rings (SSSR count). The second-order valence-electron chi connectivity index (χ2n) is 6.70. The van der Waals surface area contributed by atoms with E-state index >= 15 is 0 Å². The summed E-state index contributed by atoms with van der Waals surface area (Å²) >= 11 is 3.13. The number of ether oxygens (including phenoxy) is 1. The van der Waals surface area contributed by atoms with E-state index in [0.29, 0.717) is 24.7 Å². The Morgan fingerprint density at radius 2 is 2.08 bits per heavy atom. The van der Waals surface area contributed by atoms with Gasteiger partial charge in [-0.2, -0.15) is 0 Å². The van der Waals surface area contributed by atoms with Crippen molar-refractivity contribution in [1.82, 2.24) is 9.55 Å². The molecule has 0 aliphatic heterocycles. The summed E-state index contributed by atoms with van der Waals surface area (Å²) in [6.45, 7) is 0.942. The molecule has 0 unspecified atom stereocenters. The quantitative estimate of drug-likeness (QED) is 0.748. The zero-order valence-corrected chi connectivity index (χ0v) is 16.0. The fourth-order valence-corrected chi connectivity index (χ4v) is 6.27. The van der Waals surface area contributed by atoms with Crippen molar-refractivity contribution in [3.05, 3.63) is 20.8 Å². The number of rotatable bonds is 5. The van der Waals surface area contributed by atoms with Crippen molar-refractivity contribution >= 4 is 39.1 Å². The summed E-state index contributed by atoms with van der Waals surface area (Å²) in [6, 6.07) is 0. The summed E-state index contributed by atoms with van der Waals surface area (Å²) in [5, 5.41) is 1.42. The van der Waals surface area contributed by atoms with Crippen molar-refractivity contribution in [2.45, 2.75) is 61.9 Å². The van der Waals surface area contributed by atoms with Crippen LogP contribution in [-0.4, -0.2) is 34.3 Å². The van der Waals surface area contributed by atoms with Gasteiger partial charge in [-0.3, -0.25) is 14.2 Å². The molecule has 2 aliphatic carbocycles. The number of carbonyl (C=O) groups is 1. The Bertz CT molecular complexity index is 871. The maximum atomic E-state index is 13.2. The van der Waals surface area contributed by atoms with Gasteiger partial charge in [0.05, 0.1) is 23.8 Å². The predicted molar refractivity (Wildman–Crippen MR) is 101 cm³/mol. The first kappa shape index (κ1) is 17.2. The third-order valence-corrected chi connectivity index (χ3v) is 7.55. The minimum Gasteiger partial charge on any atom is -0.383 e. The third kappa shape index (κ3) is 3.17. The Kier molecular flexibility index (Phi) is 4.97. The summed E-state index contributed by atoms with van der Waals surface area (Å²) in [4.78, 5) is 32.3. The number of hydrogen-bond donors (Lipinski definition) is 0. The lowest BCUT2D eigenvalue weighted by molar-refractivity contribution is -0.116. The number of nitrogens with zero attached hydrogens (tertiary/aromatic N) is 2. The number of hydrogen-bond acceptors (Lipinski definition) is 6. The Labute approximate surface area is 154 Å². The van der Waals surface area contributed by atoms with Crippen molar-refractivity contribution in [1.29, 1.82) is 0 Å². The fourth-order valence-electron chi connectivity index (χ4n) is 3.73. The highest BCUT2D eigenvalue weighted by Gasteiger charge is 2.28. The van der Waals surface area contributed by atoms with Crippen LogP contribution in [-0.2, 0) is 28.9 Å². The highest BCUT2D eigenvalue weighted by molar-refractivity contribution is 8.00. The van der Waals surface area contributed by atoms with Crippen LogP contribution >= 0.6 is 23.1 Å². The van der Waals surface area contributed by atoms with Gasteiger partial charge in [0.15, 0.2) is 5.16 Å². The first-order chi connectivity index (χ1) is 12.2. The normalized spacial score (nSPS) is 20.4. The van der Waals surface area contributed by atoms with E-state index in [9.17, 15) is 9.59 Å². The molecule has 134 valence electrons. The number of fused-ring (bicyclic) bond motifs is 3. The average Bonchev–Trinajstić information content (AvgIpc) is 3.18. The van der Waals surface area contributed by atoms with Gasteiger partial charge in [-0.25, -0.2) is 4.98 Å². The van der Waals surface area contributed by atoms with Crippen molar-refractivity contribution in [2.75, 3.05) is 13.7 Å². The van der Waals surface area contributed by atoms with Gasteiger partial charge in [-0.05, 0) is 44.1 Å². The van der Waals surface area contributed by atoms with E-state index < -0.39 is 0 Å². The smallest absolute Gasteiger partial charge is 0.263 e. The molecule has 7 heteroatoms. The maximum absolute atomic E-state index is 13.2. The zero-order valence-electron chi connectivity index (χ0n) is 14.4. The van der Waals surface area contributed by atoms with Crippen LogP contribution in [0.5, 0.6) is 0 Å². The number of thioether (sulfide) groups is 1. The number of carbonyl (C=O) groups excluding carboxylic acids is 1. The Balaban J connectivity index is 1.82. The molecule has 2 aromatic rings. The molecule has 0 aromatic carbocycles. The second-order valence-corrected chi connectivity index (χ2v) is 8.95. The monoisotopic (exact) mass is 378 g/mol. The molecule has 5 nitrogen and oxygen atoms in total. The summed E-state index contributed by atoms with van der Waals surface area (Å²) in [6.07, 6.45) is 6.83. The van der Waals surface area contributed by atoms with Crippen LogP contribution in [0.25, 0.3) is 10.2 Å². The number of ketones is 1. The van der Waals surface area contributed by atoms with E-state index in [1.165, 1.54) is 28.6 Å². The van der Waals surface area contributed by atoms with Gasteiger partial charge in [0.1, 0.15) is 10.6 Å². The molecule has 25 heavy (non-hydrogen) atoms. The maximum Gasteiger partial charge on any atom is 0.263 e. The minimum atomic E-state index is -0.0623. The largest absolute Gasteiger partial charge is 0.383 e. The van der Waals surface area contributed by atoms with E-state index in [1.54, 1.807) is 23.0 Å². The molecule has 0 N–H and O–H groups in total. The molecule has 1 fully saturated rings. The lowest BCUT2D eigenvalue weighted by atomic mass is 9.97. The van der Waals surface area contributed by atoms with E-state index in [2.05, 4.69) is 0 Å². The Morgan fingerprint density at radius 1 is 1.24 bits per heavy atom. The van der Waals surface area contributed by atoms with Crippen LogP contribution in [0.1, 0.15) is 42.5 Å². The second kappa shape index (κ2) is 7.21. The van der Waals surface area contributed by atoms with Crippen molar-refractivity contribution in [2.24, 2.45) is 0 Å². The summed E-state index contributed by atoms with van der Waals surface area (Å²) in [7, 11) is 1.64. The van der Waals surface area contributed by atoms with E-state index in [0.717, 1.165) is 42.3 Å². The standard InChI is InChI=1S/C18H22N2O3S2/c1-23-10-9-20-17(22)15-11-5-2-3-7-13(11)24-16(15)19-18(20)25-14-8-4-6-12(14)21/h14H,2-10H2,1H3/t14-/m0/s1. The molecule has 0 spiro atoms. The van der Waals surface area contributed by atoms with Crippen molar-refractivity contribution in [3.8, 4) is 0 Å². The van der Waals surface area contributed by atoms with Crippen molar-refractivity contribution < 1.29 is 9.53 Å². The fraction of sp³-hybridized carbons (Fsp3) is 0.611. The topological polar surface area (TPSA) is 61.2 Å². The molecule has 2 aromatic heterocycles. The number of thiophene rings is 1. The zero-order chi connectivity index (χ0) is 17.4. The highest BCUT2D eigenvalue weighted by atomic mass is 32.2. The summed E-state index contributed by atoms with van der Waals surface area (Å²) in [5.41, 5.74) is 1.25. The van der Waals surface area contributed by atoms with Gasteiger partial charge in [-0.15, -0.1) is 11.3 Å². The molecule has 0 radical (unpaired) electrons. The Hall–Kier alpha value is -1.18. The van der Waals surface area contributed by atoms with Gasteiger partial charge >= 0.3 is 0 Å². The Morgan fingerprint density at radius 3 is 2.84 bits per heavy atom. The van der Waals surface area contributed by atoms with Gasteiger partial charge in [0.25, 0.3) is 5.56 Å². The molecule has 1 atom stereocenters. The lowest BCUT2D eigenvalue weighted by Gasteiger charge is -2.15. The first-order valence-corrected chi connectivity index (χ1v) is 10.6. The number of Topliss-reactive ketones (excluding diaryl/α,β-unsaturated/α-hetero) is 1. The van der Waals surface area contributed by atoms with Crippen LogP contribution < -0.4 is 5.56 Å². The highest BCUT2D eigenvalue weighted by Crippen LogP contribution is 2.36. The average molecular weight is 379 g/mol. The molecule has 2 aliphatic rings. The lowest BCUT2D eigenvalue weighted by Crippen LogP contribution is -2.26. The first-order valence-electron chi connectivity index (χ1n) is 8.92. The molecular weight excluding hydrogens is 356 g/mol. The molecule has 0 bridgehead atoms. The summed E-state index contributed by atoms with van der Waals surface area (Å²) < 4.78 is 6.92. The van der Waals surface area contributed by atoms with Crippen LogP contribution in [0.2, 0.25) is 0 Å². The van der Waals surface area contributed by atoms with E-state index in [4.69, 9.17) is 9.72 Å². The van der Waals surface area contributed by atoms with Crippen LogP contribution in [0.4, 0.5) is 0 Å². The SMILES string of the molecule is COCCn1c(S[C@H]2CCCC2=O)nc2sc3c(c2c1=O)CCCC3. The van der Waals surface area contributed by atoms with Crippen LogP contribution in [0, 0.1) is 0 Å². The van der Waals surface area contributed by atoms with Gasteiger partial charge in [0, 0.05) is 18.4 Å². The minimum absolute atomic E-state index is 0.0365. The number of aromatic nitrogens is 2. The van der Waals surface area contributed by atoms with Crippen LogP contribution in [0.15, 0.2) is 9.95 Å². The van der Waals surface area contributed by atoms with Gasteiger partial charge in [-0.1, -0.05) is 11.8 Å². The molecule has 2 heterocycles. The third-order valence-electron chi connectivity index (χ3n) is 5.06. The van der Waals surface area contributed by atoms with E-state index in [-0.39, 0.29) is 16.6 Å². The summed E-state index contributed by atoms with van der Waals surface area (Å²) in [5.74, 6) is 0.281. The predicted octanol–water partition coefficient (Wildman–Crippen LogP) is 3.20. The van der Waals surface area contributed by atoms with Crippen LogP contribution in [0.3, 0.4) is 0 Å². The van der Waals surface area contributed by atoms with E-state index in [1.807, 2.05) is 0 Å². The van der Waals surface area contributed by atoms with Crippen molar-refractivity contribution in [3.63, 3.8) is 0 Å². The molecule has 1 saturated carbocycles. The van der Waals surface area contributed by atoms with Gasteiger partial charge in [0.2, 0.25) is 0 Å². The molecule has 0 amide bonds. The van der Waals surface area contributed by atoms with Gasteiger partial charge < -0.3 is 4.74 Å².